The van der Waals surface area contributed by atoms with Gasteiger partial charge in [-0.3, -0.25) is 9.59 Å². The van der Waals surface area contributed by atoms with Crippen LogP contribution in [0.4, 0.5) is 0 Å². The van der Waals surface area contributed by atoms with Crippen molar-refractivity contribution in [3.8, 4) is 11.4 Å². The largest absolute Gasteiger partial charge is 0.346 e. The number of aromatic nitrogens is 2. The molecule has 0 saturated heterocycles. The van der Waals surface area contributed by atoms with Crippen molar-refractivity contribution in [3.63, 3.8) is 0 Å². The van der Waals surface area contributed by atoms with Gasteiger partial charge in [0.25, 0.3) is 0 Å². The van der Waals surface area contributed by atoms with Crippen LogP contribution >= 0.6 is 11.6 Å². The molecule has 1 N–H and O–H groups in total. The summed E-state index contributed by atoms with van der Waals surface area (Å²) in [6.45, 7) is 3.81. The topological polar surface area (TPSA) is 88.3 Å². The van der Waals surface area contributed by atoms with Crippen molar-refractivity contribution in [2.24, 2.45) is 0 Å². The van der Waals surface area contributed by atoms with Gasteiger partial charge in [-0.05, 0) is 37.6 Å². The minimum Gasteiger partial charge on any atom is -0.346 e. The number of hydrogen-bond acceptors (Lipinski definition) is 5. The summed E-state index contributed by atoms with van der Waals surface area (Å²) in [6, 6.07) is 6.69. The van der Waals surface area contributed by atoms with E-state index in [0.29, 0.717) is 36.1 Å². The molecule has 2 amide bonds. The van der Waals surface area contributed by atoms with E-state index < -0.39 is 6.04 Å². The standard InChI is InChI=1S/C17H21ClN4O3/c1-11(19-15(24)5-4-10-22(3)12(2)23)17-20-16(21-25-17)13-6-8-14(18)9-7-13/h6-9,11H,4-5,10H2,1-3H3,(H,19,24)/t11-/m1/s1. The van der Waals surface area contributed by atoms with E-state index in [1.54, 1.807) is 43.1 Å². The van der Waals surface area contributed by atoms with Crippen molar-refractivity contribution in [3.05, 3.63) is 35.2 Å². The highest BCUT2D eigenvalue weighted by Gasteiger charge is 2.17. The van der Waals surface area contributed by atoms with Crippen LogP contribution in [0.3, 0.4) is 0 Å². The summed E-state index contributed by atoms with van der Waals surface area (Å²) in [5, 5.41) is 7.37. The Kier molecular flexibility index (Phi) is 6.52. The Morgan fingerprint density at radius 3 is 2.64 bits per heavy atom. The Labute approximate surface area is 151 Å². The van der Waals surface area contributed by atoms with Crippen LogP contribution in [0.1, 0.15) is 38.6 Å². The van der Waals surface area contributed by atoms with E-state index in [1.807, 2.05) is 0 Å². The second-order valence-corrected chi connectivity index (χ2v) is 6.23. The van der Waals surface area contributed by atoms with Crippen molar-refractivity contribution < 1.29 is 14.1 Å². The number of amides is 2. The zero-order chi connectivity index (χ0) is 18.4. The summed E-state index contributed by atoms with van der Waals surface area (Å²) in [6.07, 6.45) is 0.911. The summed E-state index contributed by atoms with van der Waals surface area (Å²) in [5.41, 5.74) is 0.783. The van der Waals surface area contributed by atoms with Crippen molar-refractivity contribution in [2.75, 3.05) is 13.6 Å². The summed E-state index contributed by atoms with van der Waals surface area (Å²) in [4.78, 5) is 29.0. The molecule has 0 aliphatic rings. The molecule has 0 spiro atoms. The molecule has 0 radical (unpaired) electrons. The van der Waals surface area contributed by atoms with E-state index in [0.717, 1.165) is 5.56 Å². The molecule has 134 valence electrons. The first-order chi connectivity index (χ1) is 11.9. The Morgan fingerprint density at radius 2 is 2.00 bits per heavy atom. The molecule has 1 aromatic carbocycles. The maximum absolute atomic E-state index is 12.0. The molecule has 1 heterocycles. The molecule has 8 heteroatoms. The molecule has 2 rings (SSSR count). The third-order valence-electron chi connectivity index (χ3n) is 3.73. The molecule has 0 aliphatic carbocycles. The Hall–Kier alpha value is -2.41. The average Bonchev–Trinajstić information content (AvgIpc) is 3.05. The first-order valence-corrected chi connectivity index (χ1v) is 8.35. The van der Waals surface area contributed by atoms with E-state index >= 15 is 0 Å². The smallest absolute Gasteiger partial charge is 0.249 e. The number of nitrogens with one attached hydrogen (secondary N) is 1. The fraction of sp³-hybridized carbons (Fsp3) is 0.412. The van der Waals surface area contributed by atoms with E-state index in [2.05, 4.69) is 15.5 Å². The van der Waals surface area contributed by atoms with Crippen LogP contribution in [-0.4, -0.2) is 40.4 Å². The number of halogens is 1. The molecule has 1 aromatic heterocycles. The highest BCUT2D eigenvalue weighted by molar-refractivity contribution is 6.30. The fourth-order valence-electron chi connectivity index (χ4n) is 2.14. The molecule has 0 saturated carbocycles. The minimum atomic E-state index is -0.397. The number of carbonyl (C=O) groups is 2. The van der Waals surface area contributed by atoms with Crippen LogP contribution in [0, 0.1) is 0 Å². The van der Waals surface area contributed by atoms with Crippen LogP contribution in [-0.2, 0) is 9.59 Å². The average molecular weight is 365 g/mol. The Bertz CT molecular complexity index is 730. The van der Waals surface area contributed by atoms with Crippen LogP contribution < -0.4 is 5.32 Å². The van der Waals surface area contributed by atoms with E-state index in [4.69, 9.17) is 16.1 Å². The van der Waals surface area contributed by atoms with Gasteiger partial charge in [0.05, 0.1) is 0 Å². The molecule has 0 unspecified atom stereocenters. The molecular formula is C17H21ClN4O3. The van der Waals surface area contributed by atoms with Crippen molar-refractivity contribution in [1.82, 2.24) is 20.4 Å². The molecule has 1 atom stereocenters. The van der Waals surface area contributed by atoms with Crippen molar-refractivity contribution in [2.45, 2.75) is 32.7 Å². The maximum Gasteiger partial charge on any atom is 0.249 e. The number of carbonyl (C=O) groups excluding carboxylic acids is 2. The second-order valence-electron chi connectivity index (χ2n) is 5.80. The third kappa shape index (κ3) is 5.56. The van der Waals surface area contributed by atoms with E-state index in [9.17, 15) is 9.59 Å². The number of rotatable bonds is 7. The van der Waals surface area contributed by atoms with Crippen LogP contribution in [0.2, 0.25) is 5.02 Å². The fourth-order valence-corrected chi connectivity index (χ4v) is 2.26. The van der Waals surface area contributed by atoms with Crippen molar-refractivity contribution in [1.29, 1.82) is 0 Å². The lowest BCUT2D eigenvalue weighted by Crippen LogP contribution is -2.29. The zero-order valence-electron chi connectivity index (χ0n) is 14.5. The predicted molar refractivity (Wildman–Crippen MR) is 93.8 cm³/mol. The van der Waals surface area contributed by atoms with E-state index in [-0.39, 0.29) is 11.8 Å². The molecule has 0 fully saturated rings. The monoisotopic (exact) mass is 364 g/mol. The number of hydrogen-bond donors (Lipinski definition) is 1. The van der Waals surface area contributed by atoms with Gasteiger partial charge in [0.2, 0.25) is 23.5 Å². The van der Waals surface area contributed by atoms with Gasteiger partial charge < -0.3 is 14.7 Å². The lowest BCUT2D eigenvalue weighted by atomic mass is 10.2. The summed E-state index contributed by atoms with van der Waals surface area (Å²) in [5.74, 6) is 0.625. The number of nitrogens with zero attached hydrogens (tertiary/aromatic N) is 3. The van der Waals surface area contributed by atoms with Gasteiger partial charge in [-0.1, -0.05) is 16.8 Å². The lowest BCUT2D eigenvalue weighted by Gasteiger charge is -2.14. The maximum atomic E-state index is 12.0. The summed E-state index contributed by atoms with van der Waals surface area (Å²) >= 11 is 5.86. The molecule has 0 bridgehead atoms. The van der Waals surface area contributed by atoms with Gasteiger partial charge in [0.15, 0.2) is 0 Å². The molecular weight excluding hydrogens is 344 g/mol. The summed E-state index contributed by atoms with van der Waals surface area (Å²) < 4.78 is 5.22. The Morgan fingerprint density at radius 1 is 1.32 bits per heavy atom. The highest BCUT2D eigenvalue weighted by atomic mass is 35.5. The first kappa shape index (κ1) is 18.9. The molecule has 7 nitrogen and oxygen atoms in total. The highest BCUT2D eigenvalue weighted by Crippen LogP contribution is 2.20. The molecule has 2 aromatic rings. The minimum absolute atomic E-state index is 0.0191. The zero-order valence-corrected chi connectivity index (χ0v) is 15.2. The SMILES string of the molecule is CC(=O)N(C)CCCC(=O)N[C@H](C)c1nc(-c2ccc(Cl)cc2)no1. The molecule has 0 aliphatic heterocycles. The van der Waals surface area contributed by atoms with Gasteiger partial charge >= 0.3 is 0 Å². The lowest BCUT2D eigenvalue weighted by molar-refractivity contribution is -0.128. The third-order valence-corrected chi connectivity index (χ3v) is 3.98. The van der Waals surface area contributed by atoms with Gasteiger partial charge in [-0.15, -0.1) is 0 Å². The molecule has 25 heavy (non-hydrogen) atoms. The van der Waals surface area contributed by atoms with Gasteiger partial charge in [0, 0.05) is 37.5 Å². The van der Waals surface area contributed by atoms with Gasteiger partial charge in [-0.2, -0.15) is 4.98 Å². The van der Waals surface area contributed by atoms with Crippen LogP contribution in [0.25, 0.3) is 11.4 Å². The summed E-state index contributed by atoms with van der Waals surface area (Å²) in [7, 11) is 1.71. The quantitative estimate of drug-likeness (QED) is 0.816. The van der Waals surface area contributed by atoms with Crippen LogP contribution in [0.5, 0.6) is 0 Å². The Balaban J connectivity index is 1.86. The van der Waals surface area contributed by atoms with Crippen molar-refractivity contribution >= 4 is 23.4 Å². The first-order valence-electron chi connectivity index (χ1n) is 7.97. The number of benzene rings is 1. The second kappa shape index (κ2) is 8.62. The van der Waals surface area contributed by atoms with E-state index in [1.165, 1.54) is 6.92 Å². The normalized spacial score (nSPS) is 11.8. The van der Waals surface area contributed by atoms with Gasteiger partial charge in [-0.25, -0.2) is 0 Å². The van der Waals surface area contributed by atoms with Crippen LogP contribution in [0.15, 0.2) is 28.8 Å². The van der Waals surface area contributed by atoms with Gasteiger partial charge in [0.1, 0.15) is 6.04 Å². The predicted octanol–water partition coefficient (Wildman–Crippen LogP) is 2.83.